The Morgan fingerprint density at radius 3 is 2.71 bits per heavy atom. The van der Waals surface area contributed by atoms with Gasteiger partial charge in [0, 0.05) is 0 Å². The summed E-state index contributed by atoms with van der Waals surface area (Å²) in [6.07, 6.45) is 20.6. The molecule has 24 heavy (non-hydrogen) atoms. The van der Waals surface area contributed by atoms with Crippen molar-refractivity contribution in [1.82, 2.24) is 5.16 Å². The molecule has 1 aromatic rings. The van der Waals surface area contributed by atoms with Crippen LogP contribution in [0.5, 0.6) is 0 Å². The molecule has 0 radical (unpaired) electrons. The third kappa shape index (κ3) is 2.66. The molecule has 132 valence electrons. The quantitative estimate of drug-likeness (QED) is 0.515. The van der Waals surface area contributed by atoms with Gasteiger partial charge >= 0.3 is 0 Å². The monoisotopic (exact) mass is 327 g/mol. The largest absolute Gasteiger partial charge is 0.365 e. The van der Waals surface area contributed by atoms with Crippen LogP contribution in [0.4, 0.5) is 0 Å². The van der Waals surface area contributed by atoms with E-state index in [1.165, 1.54) is 64.1 Å². The minimum absolute atomic E-state index is 0.602. The molecular formula is C22H33NO. The van der Waals surface area contributed by atoms with E-state index in [0.29, 0.717) is 5.41 Å². The summed E-state index contributed by atoms with van der Waals surface area (Å²) in [6.45, 7) is 5.25. The molecule has 3 saturated carbocycles. The highest BCUT2D eigenvalue weighted by atomic mass is 16.5. The fourth-order valence-electron chi connectivity index (χ4n) is 6.92. The average Bonchev–Trinajstić information content (AvgIpc) is 3.26. The zero-order chi connectivity index (χ0) is 16.6. The molecule has 5 atom stereocenters. The van der Waals surface area contributed by atoms with Crippen LogP contribution >= 0.6 is 0 Å². The lowest BCUT2D eigenvalue weighted by atomic mass is 9.47. The normalized spacial score (nSPS) is 43.6. The molecule has 0 aromatic carbocycles. The summed E-state index contributed by atoms with van der Waals surface area (Å²) in [4.78, 5) is 0. The number of aromatic nitrogens is 1. The van der Waals surface area contributed by atoms with E-state index < -0.39 is 0 Å². The lowest BCUT2D eigenvalue weighted by Crippen LogP contribution is -2.48. The summed E-state index contributed by atoms with van der Waals surface area (Å²) in [6, 6.07) is 1.72. The lowest BCUT2D eigenvalue weighted by molar-refractivity contribution is -0.0360. The summed E-state index contributed by atoms with van der Waals surface area (Å²) in [5.41, 5.74) is 3.19. The predicted molar refractivity (Wildman–Crippen MR) is 97.4 cm³/mol. The third-order valence-electron chi connectivity index (χ3n) is 8.16. The van der Waals surface area contributed by atoms with Gasteiger partial charge < -0.3 is 4.52 Å². The van der Waals surface area contributed by atoms with Gasteiger partial charge in [0.25, 0.3) is 0 Å². The zero-order valence-corrected chi connectivity index (χ0v) is 15.5. The number of rotatable bonds is 0. The molecule has 3 fully saturated rings. The van der Waals surface area contributed by atoms with Gasteiger partial charge in [0.05, 0.1) is 6.20 Å². The number of allylic oxidation sites excluding steroid dienone is 2. The molecule has 4 aliphatic carbocycles. The van der Waals surface area contributed by atoms with E-state index in [-0.39, 0.29) is 0 Å². The van der Waals surface area contributed by atoms with E-state index in [1.54, 1.807) is 18.7 Å². The van der Waals surface area contributed by atoms with Crippen LogP contribution in [0.15, 0.2) is 34.7 Å². The Morgan fingerprint density at radius 2 is 1.96 bits per heavy atom. The standard InChI is InChI=1S/C19H30.C3H3NO/c1-18-11-5-7-16(18)15-9-8-14-6-3-4-12-19(14,2)17(15)10-13-18;1-2-4-5-3-1/h6,15-17H,3-5,7-13H2,1-2H3;1-3H/t15-,16-,17-,18-,19-;/m0./s1. The Kier molecular flexibility index (Phi) is 4.34. The van der Waals surface area contributed by atoms with Crippen molar-refractivity contribution in [3.63, 3.8) is 0 Å². The maximum atomic E-state index is 4.33. The Bertz CT molecular complexity index is 560. The average molecular weight is 328 g/mol. The topological polar surface area (TPSA) is 26.0 Å². The van der Waals surface area contributed by atoms with Crippen molar-refractivity contribution in [3.8, 4) is 0 Å². The second-order valence-electron chi connectivity index (χ2n) is 9.23. The molecule has 0 aliphatic heterocycles. The van der Waals surface area contributed by atoms with Gasteiger partial charge in [-0.15, -0.1) is 0 Å². The number of fused-ring (bicyclic) bond motifs is 5. The highest BCUT2D eigenvalue weighted by molar-refractivity contribution is 5.23. The molecule has 0 bridgehead atoms. The molecule has 1 heterocycles. The predicted octanol–water partition coefficient (Wildman–Crippen LogP) is 6.40. The SMILES string of the molecule is C[C@@]12CCC[C@H]1[C@@H]1CCC3=CCCC[C@]3(C)[C@H]1CC2.c1cnoc1. The van der Waals surface area contributed by atoms with Crippen LogP contribution in [0.3, 0.4) is 0 Å². The Hall–Kier alpha value is -1.05. The molecular weight excluding hydrogens is 294 g/mol. The molecule has 2 heteroatoms. The van der Waals surface area contributed by atoms with Crippen molar-refractivity contribution < 1.29 is 4.52 Å². The van der Waals surface area contributed by atoms with Crippen LogP contribution in [-0.4, -0.2) is 5.16 Å². The fraction of sp³-hybridized carbons (Fsp3) is 0.773. The van der Waals surface area contributed by atoms with Crippen molar-refractivity contribution in [3.05, 3.63) is 30.2 Å². The fourth-order valence-corrected chi connectivity index (χ4v) is 6.92. The van der Waals surface area contributed by atoms with E-state index in [1.807, 2.05) is 5.57 Å². The van der Waals surface area contributed by atoms with Crippen molar-refractivity contribution in [1.29, 1.82) is 0 Å². The van der Waals surface area contributed by atoms with Crippen molar-refractivity contribution >= 4 is 0 Å². The van der Waals surface area contributed by atoms with Crippen LogP contribution in [0, 0.1) is 28.6 Å². The molecule has 0 N–H and O–H groups in total. The van der Waals surface area contributed by atoms with E-state index in [0.717, 1.165) is 23.2 Å². The molecule has 4 aliphatic rings. The van der Waals surface area contributed by atoms with Gasteiger partial charge in [0.2, 0.25) is 0 Å². The summed E-state index contributed by atoms with van der Waals surface area (Å²) >= 11 is 0. The Morgan fingerprint density at radius 1 is 1.04 bits per heavy atom. The van der Waals surface area contributed by atoms with Gasteiger partial charge in [-0.25, -0.2) is 0 Å². The second-order valence-corrected chi connectivity index (χ2v) is 9.23. The second kappa shape index (κ2) is 6.35. The Balaban J connectivity index is 0.000000252. The summed E-state index contributed by atoms with van der Waals surface area (Å²) in [5.74, 6) is 3.18. The molecule has 0 unspecified atom stereocenters. The summed E-state index contributed by atoms with van der Waals surface area (Å²) < 4.78 is 4.33. The van der Waals surface area contributed by atoms with Crippen LogP contribution in [0.25, 0.3) is 0 Å². The molecule has 1 aromatic heterocycles. The maximum absolute atomic E-state index is 4.33. The van der Waals surface area contributed by atoms with E-state index in [4.69, 9.17) is 0 Å². The highest BCUT2D eigenvalue weighted by Crippen LogP contribution is 2.65. The third-order valence-corrected chi connectivity index (χ3v) is 8.16. The molecule has 2 nitrogen and oxygen atoms in total. The van der Waals surface area contributed by atoms with Crippen LogP contribution < -0.4 is 0 Å². The molecule has 0 spiro atoms. The molecule has 5 rings (SSSR count). The summed E-state index contributed by atoms with van der Waals surface area (Å²) in [5, 5.41) is 3.35. The van der Waals surface area contributed by atoms with Gasteiger partial charge in [0.1, 0.15) is 6.26 Å². The van der Waals surface area contributed by atoms with Crippen LogP contribution in [0.2, 0.25) is 0 Å². The molecule has 0 amide bonds. The van der Waals surface area contributed by atoms with Crippen molar-refractivity contribution in [2.24, 2.45) is 28.6 Å². The van der Waals surface area contributed by atoms with Gasteiger partial charge in [0.15, 0.2) is 0 Å². The van der Waals surface area contributed by atoms with Crippen LogP contribution in [-0.2, 0) is 0 Å². The smallest absolute Gasteiger partial charge is 0.123 e. The lowest BCUT2D eigenvalue weighted by Gasteiger charge is -2.57. The van der Waals surface area contributed by atoms with Gasteiger partial charge in [-0.2, -0.15) is 0 Å². The molecule has 0 saturated heterocycles. The van der Waals surface area contributed by atoms with E-state index in [2.05, 4.69) is 29.6 Å². The van der Waals surface area contributed by atoms with Gasteiger partial charge in [-0.05, 0) is 92.4 Å². The first kappa shape index (κ1) is 16.4. The van der Waals surface area contributed by atoms with Gasteiger partial charge in [-0.3, -0.25) is 0 Å². The minimum atomic E-state index is 0.602. The zero-order valence-electron chi connectivity index (χ0n) is 15.5. The first-order valence-electron chi connectivity index (χ1n) is 10.2. The number of hydrogen-bond acceptors (Lipinski definition) is 2. The first-order valence-corrected chi connectivity index (χ1v) is 10.2. The minimum Gasteiger partial charge on any atom is -0.365 e. The maximum Gasteiger partial charge on any atom is 0.123 e. The summed E-state index contributed by atoms with van der Waals surface area (Å²) in [7, 11) is 0. The number of hydrogen-bond donors (Lipinski definition) is 0. The number of nitrogens with zero attached hydrogens (tertiary/aromatic N) is 1. The van der Waals surface area contributed by atoms with Crippen LogP contribution in [0.1, 0.15) is 78.1 Å². The van der Waals surface area contributed by atoms with E-state index >= 15 is 0 Å². The highest BCUT2D eigenvalue weighted by Gasteiger charge is 2.55. The van der Waals surface area contributed by atoms with Gasteiger partial charge in [-0.1, -0.05) is 37.1 Å². The van der Waals surface area contributed by atoms with Crippen molar-refractivity contribution in [2.45, 2.75) is 78.1 Å². The van der Waals surface area contributed by atoms with E-state index in [9.17, 15) is 0 Å². The van der Waals surface area contributed by atoms with Crippen molar-refractivity contribution in [2.75, 3.05) is 0 Å². The Labute approximate surface area is 147 Å². The first-order chi connectivity index (χ1) is 11.6.